The average molecular weight is 419 g/mol. The highest BCUT2D eigenvalue weighted by molar-refractivity contribution is 7.99. The number of carbonyl (C=O) groups is 1. The van der Waals surface area contributed by atoms with E-state index in [0.717, 1.165) is 5.56 Å². The third-order valence-electron chi connectivity index (χ3n) is 4.13. The molecule has 0 unspecified atom stereocenters. The summed E-state index contributed by atoms with van der Waals surface area (Å²) in [6.07, 6.45) is 0. The van der Waals surface area contributed by atoms with Gasteiger partial charge in [-0.3, -0.25) is 0 Å². The van der Waals surface area contributed by atoms with E-state index in [-0.39, 0.29) is 23.1 Å². The molecule has 3 aromatic rings. The number of rotatable bonds is 7. The van der Waals surface area contributed by atoms with Gasteiger partial charge in [0.25, 0.3) is 0 Å². The fourth-order valence-corrected chi connectivity index (χ4v) is 3.76. The Bertz CT molecular complexity index is 973. The molecule has 0 spiro atoms. The predicted molar refractivity (Wildman–Crippen MR) is 110 cm³/mol. The van der Waals surface area contributed by atoms with Crippen molar-refractivity contribution in [1.29, 1.82) is 0 Å². The lowest BCUT2D eigenvalue weighted by atomic mass is 10.1. The van der Waals surface area contributed by atoms with Crippen molar-refractivity contribution in [2.45, 2.75) is 25.3 Å². The first-order chi connectivity index (χ1) is 13.5. The lowest BCUT2D eigenvalue weighted by molar-refractivity contribution is 0.0529. The van der Waals surface area contributed by atoms with E-state index in [9.17, 15) is 9.18 Å². The molecule has 2 aromatic carbocycles. The van der Waals surface area contributed by atoms with Gasteiger partial charge in [0.15, 0.2) is 0 Å². The van der Waals surface area contributed by atoms with Gasteiger partial charge in [0.1, 0.15) is 23.1 Å². The molecule has 1 aromatic heterocycles. The first kappa shape index (κ1) is 20.4. The maximum atomic E-state index is 13.6. The molecule has 0 amide bonds. The van der Waals surface area contributed by atoms with Gasteiger partial charge in [0.2, 0.25) is 0 Å². The summed E-state index contributed by atoms with van der Waals surface area (Å²) in [6.45, 7) is 4.36. The molecule has 7 heteroatoms. The van der Waals surface area contributed by atoms with Crippen molar-refractivity contribution < 1.29 is 13.9 Å². The molecule has 0 aliphatic heterocycles. The van der Waals surface area contributed by atoms with Crippen LogP contribution in [0.15, 0.2) is 53.4 Å². The molecular formula is C21H20ClFN2O2S. The van der Waals surface area contributed by atoms with Gasteiger partial charge in [-0.15, -0.1) is 11.8 Å². The molecule has 0 radical (unpaired) electrons. The summed E-state index contributed by atoms with van der Waals surface area (Å²) in [5.41, 5.74) is 2.99. The van der Waals surface area contributed by atoms with E-state index >= 15 is 0 Å². The van der Waals surface area contributed by atoms with Crippen LogP contribution in [0.2, 0.25) is 5.15 Å². The Labute approximate surface area is 172 Å². The van der Waals surface area contributed by atoms with Crippen LogP contribution in [0.25, 0.3) is 0 Å². The Morgan fingerprint density at radius 3 is 2.61 bits per heavy atom. The quantitative estimate of drug-likeness (QED) is 0.297. The summed E-state index contributed by atoms with van der Waals surface area (Å²) < 4.78 is 20.5. The van der Waals surface area contributed by atoms with E-state index < -0.39 is 5.97 Å². The van der Waals surface area contributed by atoms with Crippen molar-refractivity contribution in [2.75, 3.05) is 12.4 Å². The van der Waals surface area contributed by atoms with Crippen molar-refractivity contribution >= 4 is 29.3 Å². The number of thioether (sulfide) groups is 1. The summed E-state index contributed by atoms with van der Waals surface area (Å²) in [5.74, 6) is -0.359. The van der Waals surface area contributed by atoms with Crippen molar-refractivity contribution in [3.63, 3.8) is 0 Å². The number of carbonyl (C=O) groups excluding carboxylic acids is 1. The number of hydrogen-bond donors (Lipinski definition) is 0. The highest BCUT2D eigenvalue weighted by atomic mass is 35.5. The number of aromatic nitrogens is 2. The maximum Gasteiger partial charge on any atom is 0.343 e. The van der Waals surface area contributed by atoms with Gasteiger partial charge in [-0.05, 0) is 31.5 Å². The summed E-state index contributed by atoms with van der Waals surface area (Å²) >= 11 is 7.67. The van der Waals surface area contributed by atoms with Crippen LogP contribution in [-0.2, 0) is 11.3 Å². The third-order valence-corrected chi connectivity index (χ3v) is 5.53. The van der Waals surface area contributed by atoms with Crippen LogP contribution in [0.5, 0.6) is 0 Å². The molecule has 0 atom stereocenters. The van der Waals surface area contributed by atoms with E-state index in [0.29, 0.717) is 22.9 Å². The first-order valence-electron chi connectivity index (χ1n) is 8.78. The van der Waals surface area contributed by atoms with Crippen LogP contribution in [-0.4, -0.2) is 28.1 Å². The molecule has 0 bridgehead atoms. The number of ether oxygens (including phenoxy) is 1. The largest absolute Gasteiger partial charge is 0.461 e. The molecule has 0 N–H and O–H groups in total. The average Bonchev–Trinajstić information content (AvgIpc) is 2.95. The SMILES string of the molecule is Cc1ccc(Cn2nc(C)c(C(=O)OCCSc3ccccc3F)c2Cl)cc1. The van der Waals surface area contributed by atoms with Crippen molar-refractivity contribution in [1.82, 2.24) is 9.78 Å². The van der Waals surface area contributed by atoms with Crippen molar-refractivity contribution in [3.05, 3.63) is 81.9 Å². The Morgan fingerprint density at radius 2 is 1.89 bits per heavy atom. The normalized spacial score (nSPS) is 10.9. The zero-order chi connectivity index (χ0) is 20.1. The smallest absolute Gasteiger partial charge is 0.343 e. The standard InChI is InChI=1S/C21H20ClFN2O2S/c1-14-7-9-16(10-8-14)13-25-20(22)19(15(2)24-25)21(26)27-11-12-28-18-6-4-3-5-17(18)23/h3-10H,11-13H2,1-2H3. The Morgan fingerprint density at radius 1 is 1.18 bits per heavy atom. The van der Waals surface area contributed by atoms with E-state index in [4.69, 9.17) is 16.3 Å². The van der Waals surface area contributed by atoms with E-state index in [1.54, 1.807) is 29.8 Å². The van der Waals surface area contributed by atoms with Crippen LogP contribution in [0.1, 0.15) is 27.2 Å². The van der Waals surface area contributed by atoms with Gasteiger partial charge in [-0.25, -0.2) is 13.9 Å². The van der Waals surface area contributed by atoms with E-state index in [2.05, 4.69) is 5.10 Å². The zero-order valence-corrected chi connectivity index (χ0v) is 17.2. The minimum Gasteiger partial charge on any atom is -0.461 e. The van der Waals surface area contributed by atoms with Crippen LogP contribution < -0.4 is 0 Å². The number of aryl methyl sites for hydroxylation is 2. The maximum absolute atomic E-state index is 13.6. The highest BCUT2D eigenvalue weighted by Crippen LogP contribution is 2.23. The van der Waals surface area contributed by atoms with Gasteiger partial charge in [0, 0.05) is 10.6 Å². The van der Waals surface area contributed by atoms with Crippen LogP contribution >= 0.6 is 23.4 Å². The monoisotopic (exact) mass is 418 g/mol. The molecule has 4 nitrogen and oxygen atoms in total. The number of benzene rings is 2. The Kier molecular flexibility index (Phi) is 6.75. The minimum absolute atomic E-state index is 0.150. The van der Waals surface area contributed by atoms with Gasteiger partial charge in [-0.2, -0.15) is 5.10 Å². The fourth-order valence-electron chi connectivity index (χ4n) is 2.68. The van der Waals surface area contributed by atoms with Crippen LogP contribution in [0, 0.1) is 19.7 Å². The Hall–Kier alpha value is -2.31. The molecule has 0 fully saturated rings. The predicted octanol–water partition coefficient (Wildman–Crippen LogP) is 5.29. The topological polar surface area (TPSA) is 44.1 Å². The lowest BCUT2D eigenvalue weighted by Crippen LogP contribution is -2.09. The summed E-state index contributed by atoms with van der Waals surface area (Å²) in [6, 6.07) is 14.5. The number of esters is 1. The lowest BCUT2D eigenvalue weighted by Gasteiger charge is -2.06. The molecular weight excluding hydrogens is 399 g/mol. The number of nitrogens with zero attached hydrogens (tertiary/aromatic N) is 2. The van der Waals surface area contributed by atoms with Crippen molar-refractivity contribution in [2.24, 2.45) is 0 Å². The molecule has 1 heterocycles. The summed E-state index contributed by atoms with van der Waals surface area (Å²) in [4.78, 5) is 13.0. The molecule has 0 saturated heterocycles. The van der Waals surface area contributed by atoms with Gasteiger partial charge in [-0.1, -0.05) is 53.6 Å². The second-order valence-corrected chi connectivity index (χ2v) is 7.80. The second-order valence-electron chi connectivity index (χ2n) is 6.31. The highest BCUT2D eigenvalue weighted by Gasteiger charge is 2.21. The molecule has 0 aliphatic rings. The molecule has 0 aliphatic carbocycles. The molecule has 28 heavy (non-hydrogen) atoms. The Balaban J connectivity index is 1.59. The number of halogens is 2. The molecule has 3 rings (SSSR count). The van der Waals surface area contributed by atoms with Crippen molar-refractivity contribution in [3.8, 4) is 0 Å². The summed E-state index contributed by atoms with van der Waals surface area (Å²) in [7, 11) is 0. The summed E-state index contributed by atoms with van der Waals surface area (Å²) in [5, 5.41) is 4.62. The second kappa shape index (κ2) is 9.26. The first-order valence-corrected chi connectivity index (χ1v) is 10.1. The van der Waals surface area contributed by atoms with E-state index in [1.165, 1.54) is 23.4 Å². The fraction of sp³-hybridized carbons (Fsp3) is 0.238. The van der Waals surface area contributed by atoms with Gasteiger partial charge >= 0.3 is 5.97 Å². The number of hydrogen-bond acceptors (Lipinski definition) is 4. The van der Waals surface area contributed by atoms with Crippen LogP contribution in [0.3, 0.4) is 0 Å². The molecule has 0 saturated carbocycles. The minimum atomic E-state index is -0.521. The van der Waals surface area contributed by atoms with Crippen LogP contribution in [0.4, 0.5) is 4.39 Å². The van der Waals surface area contributed by atoms with E-state index in [1.807, 2.05) is 31.2 Å². The van der Waals surface area contributed by atoms with Gasteiger partial charge in [0.05, 0.1) is 12.2 Å². The van der Waals surface area contributed by atoms with Gasteiger partial charge < -0.3 is 4.74 Å². The molecule has 146 valence electrons. The third kappa shape index (κ3) is 4.94. The zero-order valence-electron chi connectivity index (χ0n) is 15.6.